The van der Waals surface area contributed by atoms with Crippen molar-refractivity contribution in [2.24, 2.45) is 17.8 Å². The van der Waals surface area contributed by atoms with Crippen molar-refractivity contribution in [3.63, 3.8) is 0 Å². The largest absolute Gasteiger partial charge is 0.394 e. The zero-order valence-electron chi connectivity index (χ0n) is 21.3. The zero-order chi connectivity index (χ0) is 28.8. The normalized spacial score (nSPS) is 49.6. The highest BCUT2D eigenvalue weighted by molar-refractivity contribution is 6.05. The number of nitrogens with one attached hydrogen (secondary N) is 1. The molecule has 0 radical (unpaired) electrons. The maximum atomic E-state index is 12.2. The lowest BCUT2D eigenvalue weighted by atomic mass is 9.88. The summed E-state index contributed by atoms with van der Waals surface area (Å²) in [5.41, 5.74) is 0. The summed E-state index contributed by atoms with van der Waals surface area (Å²) in [5, 5.41) is 85.1. The smallest absolute Gasteiger partial charge is 0.250 e. The van der Waals surface area contributed by atoms with E-state index in [9.17, 15) is 50.4 Å². The van der Waals surface area contributed by atoms with Crippen LogP contribution < -0.4 is 5.32 Å². The predicted molar refractivity (Wildman–Crippen MR) is 125 cm³/mol. The van der Waals surface area contributed by atoms with Crippen molar-refractivity contribution in [2.45, 2.75) is 100.0 Å². The van der Waals surface area contributed by atoms with Gasteiger partial charge in [-0.25, -0.2) is 0 Å². The van der Waals surface area contributed by atoms with E-state index in [0.717, 1.165) is 6.08 Å². The molecule has 9 N–H and O–H groups in total. The van der Waals surface area contributed by atoms with Crippen LogP contribution in [-0.2, 0) is 28.5 Å². The van der Waals surface area contributed by atoms with Crippen molar-refractivity contribution in [3.8, 4) is 0 Å². The van der Waals surface area contributed by atoms with E-state index >= 15 is 0 Å². The highest BCUT2D eigenvalue weighted by Crippen LogP contribution is 2.36. The Hall–Kier alpha value is -1.60. The fourth-order valence-electron chi connectivity index (χ4n) is 5.43. The van der Waals surface area contributed by atoms with Crippen molar-refractivity contribution >= 4 is 11.8 Å². The van der Waals surface area contributed by atoms with E-state index in [-0.39, 0.29) is 0 Å². The molecule has 15 nitrogen and oxygen atoms in total. The Morgan fingerprint density at radius 2 is 1.41 bits per heavy atom. The third-order valence-electron chi connectivity index (χ3n) is 8.01. The van der Waals surface area contributed by atoms with Gasteiger partial charge in [0.25, 0.3) is 0 Å². The Balaban J connectivity index is 1.42. The molecular formula is C24H37NO14. The van der Waals surface area contributed by atoms with E-state index in [1.807, 2.05) is 0 Å². The molecule has 0 aromatic carbocycles. The molecule has 3 fully saturated rings. The highest BCUT2D eigenvalue weighted by atomic mass is 16.8. The monoisotopic (exact) mass is 563 g/mol. The van der Waals surface area contributed by atoms with Crippen LogP contribution in [0.2, 0.25) is 0 Å². The van der Waals surface area contributed by atoms with Gasteiger partial charge in [-0.2, -0.15) is 0 Å². The van der Waals surface area contributed by atoms with Crippen LogP contribution in [0.25, 0.3) is 0 Å². The maximum absolute atomic E-state index is 12.2. The summed E-state index contributed by atoms with van der Waals surface area (Å²) in [6.45, 7) is 2.49. The molecule has 0 aliphatic carbocycles. The molecule has 4 aliphatic heterocycles. The zero-order valence-corrected chi connectivity index (χ0v) is 21.3. The number of imide groups is 1. The lowest BCUT2D eigenvalue weighted by Gasteiger charge is -2.46. The third kappa shape index (κ3) is 5.91. The number of aliphatic hydroxyl groups is 8. The van der Waals surface area contributed by atoms with Crippen molar-refractivity contribution in [1.29, 1.82) is 0 Å². The number of carbonyl (C=O) groups is 2. The number of rotatable bonds is 7. The molecule has 39 heavy (non-hydrogen) atoms. The van der Waals surface area contributed by atoms with Crippen LogP contribution in [-0.4, -0.2) is 139 Å². The van der Waals surface area contributed by atoms with Gasteiger partial charge in [-0.05, 0) is 0 Å². The lowest BCUT2D eigenvalue weighted by Crippen LogP contribution is -2.59. The quantitative estimate of drug-likeness (QED) is 0.132. The molecule has 0 bridgehead atoms. The molecule has 16 atom stereocenters. The van der Waals surface area contributed by atoms with E-state index in [4.69, 9.17) is 18.9 Å². The van der Waals surface area contributed by atoms with Gasteiger partial charge in [-0.1, -0.05) is 19.9 Å². The number of ether oxygens (including phenoxy) is 4. The number of hydrogen-bond acceptors (Lipinski definition) is 14. The van der Waals surface area contributed by atoms with Crippen LogP contribution in [0.5, 0.6) is 0 Å². The molecule has 0 saturated carbocycles. The summed E-state index contributed by atoms with van der Waals surface area (Å²) in [5.74, 6) is -4.04. The van der Waals surface area contributed by atoms with Gasteiger partial charge in [0.1, 0.15) is 42.7 Å². The Kier molecular flexibility index (Phi) is 9.42. The van der Waals surface area contributed by atoms with Crippen LogP contribution in [0.1, 0.15) is 20.3 Å². The number of hydrogen-bond donors (Lipinski definition) is 9. The summed E-state index contributed by atoms with van der Waals surface area (Å²) in [6, 6.07) is 0. The summed E-state index contributed by atoms with van der Waals surface area (Å²) in [6.07, 6.45) is -15.7. The second kappa shape index (κ2) is 12.1. The molecule has 4 aliphatic rings. The fourth-order valence-corrected chi connectivity index (χ4v) is 5.43. The molecule has 6 unspecified atom stereocenters. The van der Waals surface area contributed by atoms with Crippen LogP contribution >= 0.6 is 0 Å². The molecule has 222 valence electrons. The minimum Gasteiger partial charge on any atom is -0.394 e. The van der Waals surface area contributed by atoms with Gasteiger partial charge < -0.3 is 59.8 Å². The summed E-state index contributed by atoms with van der Waals surface area (Å²) in [4.78, 5) is 23.5. The van der Waals surface area contributed by atoms with Crippen molar-refractivity contribution < 1.29 is 69.4 Å². The van der Waals surface area contributed by atoms with Crippen molar-refractivity contribution in [2.75, 3.05) is 6.61 Å². The van der Waals surface area contributed by atoms with Crippen LogP contribution in [0, 0.1) is 17.8 Å². The first-order valence-electron chi connectivity index (χ1n) is 12.9. The van der Waals surface area contributed by atoms with Gasteiger partial charge in [0, 0.05) is 24.3 Å². The number of amides is 2. The Morgan fingerprint density at radius 3 is 1.97 bits per heavy atom. The average molecular weight is 564 g/mol. The Bertz CT molecular complexity index is 917. The molecule has 0 aromatic rings. The molecule has 4 rings (SSSR count). The standard InChI is InChI=1S/C24H37NO14/c1-7-14(29)16(31)11(36-23(7)39-24-8(2)15(30)17(32)12(6-26)37-24)5-10(27)21-19(34)18(33)20(38-21)9-3-4-13(28)25-22(9)35/h3-4,7-12,14-21,23-24,26-27,29-34H,5-6H2,1-2H3,(H,25,28,35)/t7-,8?,9?,10-,11-,12?,14?,15?,16?,17-,18-,19+,20+,21+,23+,24-/m1/s1. The molecule has 0 spiro atoms. The van der Waals surface area contributed by atoms with E-state index < -0.39 is 122 Å². The summed E-state index contributed by atoms with van der Waals surface area (Å²) >= 11 is 0. The fraction of sp³-hybridized carbons (Fsp3) is 0.833. The summed E-state index contributed by atoms with van der Waals surface area (Å²) < 4.78 is 22.9. The number of aliphatic hydroxyl groups excluding tert-OH is 8. The van der Waals surface area contributed by atoms with Crippen LogP contribution in [0.15, 0.2) is 12.2 Å². The highest BCUT2D eigenvalue weighted by Gasteiger charge is 2.53. The molecule has 3 saturated heterocycles. The van der Waals surface area contributed by atoms with E-state index in [0.29, 0.717) is 0 Å². The van der Waals surface area contributed by atoms with Crippen LogP contribution in [0.3, 0.4) is 0 Å². The lowest BCUT2D eigenvalue weighted by molar-refractivity contribution is -0.360. The topological polar surface area (TPSA) is 245 Å². The van der Waals surface area contributed by atoms with Gasteiger partial charge in [0.05, 0.1) is 36.9 Å². The first-order valence-corrected chi connectivity index (χ1v) is 12.9. The van der Waals surface area contributed by atoms with Crippen molar-refractivity contribution in [1.82, 2.24) is 5.32 Å². The Labute approximate surface area is 223 Å². The minimum atomic E-state index is -1.62. The summed E-state index contributed by atoms with van der Waals surface area (Å²) in [7, 11) is 0. The van der Waals surface area contributed by atoms with Gasteiger partial charge in [-0.15, -0.1) is 0 Å². The predicted octanol–water partition coefficient (Wildman–Crippen LogP) is -4.77. The molecule has 4 heterocycles. The minimum absolute atomic E-state index is 0.390. The van der Waals surface area contributed by atoms with Gasteiger partial charge in [0.2, 0.25) is 11.8 Å². The first kappa shape index (κ1) is 30.4. The van der Waals surface area contributed by atoms with E-state index in [2.05, 4.69) is 5.32 Å². The first-order chi connectivity index (χ1) is 18.3. The molecular weight excluding hydrogens is 526 g/mol. The van der Waals surface area contributed by atoms with Gasteiger partial charge in [-0.3, -0.25) is 14.9 Å². The SMILES string of the molecule is CC1C(O)[C@H](O)C(CO)O[C@@H]1O[C@@H]1O[C@H](C[C@@H](O)[C@@H]2O[C@@H](C3C=CC(=O)NC3=O)[C@H](O)[C@@H]2O)C(O)C(O)[C@H]1C. The molecule has 15 heteroatoms. The average Bonchev–Trinajstić information content (AvgIpc) is 3.19. The maximum Gasteiger partial charge on any atom is 0.250 e. The van der Waals surface area contributed by atoms with E-state index in [1.54, 1.807) is 6.92 Å². The molecule has 2 amide bonds. The van der Waals surface area contributed by atoms with Crippen LogP contribution in [0.4, 0.5) is 0 Å². The van der Waals surface area contributed by atoms with E-state index in [1.165, 1.54) is 13.0 Å². The Morgan fingerprint density at radius 1 is 0.846 bits per heavy atom. The van der Waals surface area contributed by atoms with Gasteiger partial charge >= 0.3 is 0 Å². The second-order valence-electron chi connectivity index (χ2n) is 10.7. The second-order valence-corrected chi connectivity index (χ2v) is 10.7. The number of carbonyl (C=O) groups excluding carboxylic acids is 2. The molecule has 0 aromatic heterocycles. The van der Waals surface area contributed by atoms with Gasteiger partial charge in [0.15, 0.2) is 12.6 Å². The third-order valence-corrected chi connectivity index (χ3v) is 8.01. The van der Waals surface area contributed by atoms with Crippen molar-refractivity contribution in [3.05, 3.63) is 12.2 Å².